The Morgan fingerprint density at radius 2 is 1.91 bits per heavy atom. The normalized spacial score (nSPS) is 16.6. The highest BCUT2D eigenvalue weighted by molar-refractivity contribution is 5.33. The van der Waals surface area contributed by atoms with Crippen LogP contribution in [0.4, 0.5) is 0 Å². The monoisotopic (exact) mass is 314 g/mol. The molecule has 5 nitrogen and oxygen atoms in total. The molecular formula is C18H26N4O. The Kier molecular flexibility index (Phi) is 5.10. The van der Waals surface area contributed by atoms with Crippen molar-refractivity contribution < 1.29 is 4.74 Å². The first-order chi connectivity index (χ1) is 11.1. The third kappa shape index (κ3) is 4.19. The first-order valence-electron chi connectivity index (χ1n) is 8.28. The molecule has 0 radical (unpaired) electrons. The van der Waals surface area contributed by atoms with Crippen LogP contribution in [0.2, 0.25) is 0 Å². The predicted molar refractivity (Wildman–Crippen MR) is 91.7 cm³/mol. The second-order valence-corrected chi connectivity index (χ2v) is 6.63. The zero-order valence-electron chi connectivity index (χ0n) is 14.0. The minimum Gasteiger partial charge on any atom is -0.379 e. The number of morpholine rings is 1. The average Bonchev–Trinajstić information content (AvgIpc) is 3.11. The molecule has 1 aromatic heterocycles. The second kappa shape index (κ2) is 7.25. The fourth-order valence-electron chi connectivity index (χ4n) is 2.98. The molecule has 1 saturated heterocycles. The Bertz CT molecular complexity index is 586. The first kappa shape index (κ1) is 16.2. The van der Waals surface area contributed by atoms with Gasteiger partial charge in [-0.2, -0.15) is 5.10 Å². The van der Waals surface area contributed by atoms with Crippen LogP contribution in [-0.4, -0.2) is 53.1 Å². The van der Waals surface area contributed by atoms with Crippen molar-refractivity contribution in [1.29, 1.82) is 0 Å². The Morgan fingerprint density at radius 1 is 1.17 bits per heavy atom. The number of benzene rings is 1. The van der Waals surface area contributed by atoms with Crippen molar-refractivity contribution in [3.8, 4) is 5.69 Å². The summed E-state index contributed by atoms with van der Waals surface area (Å²) in [6, 6.07) is 10.5. The quantitative estimate of drug-likeness (QED) is 0.886. The van der Waals surface area contributed by atoms with Crippen molar-refractivity contribution >= 4 is 0 Å². The van der Waals surface area contributed by atoms with Gasteiger partial charge in [-0.25, -0.2) is 4.68 Å². The zero-order chi connectivity index (χ0) is 16.1. The Hall–Kier alpha value is -1.69. The number of aromatic nitrogens is 2. The largest absolute Gasteiger partial charge is 0.379 e. The number of ether oxygens (including phenoxy) is 1. The Balaban J connectivity index is 1.50. The van der Waals surface area contributed by atoms with Gasteiger partial charge in [-0.3, -0.25) is 4.90 Å². The lowest BCUT2D eigenvalue weighted by Gasteiger charge is -2.41. The standard InChI is InChI=1S/C18H26N4O/c1-18(2,21-10-12-23-13-11-21)15-19-14-16-4-6-17(7-5-16)22-9-3-8-20-22/h3-9,19H,10-15H2,1-2H3. The molecule has 1 N–H and O–H groups in total. The van der Waals surface area contributed by atoms with Crippen molar-refractivity contribution in [2.24, 2.45) is 0 Å². The van der Waals surface area contributed by atoms with E-state index in [1.807, 2.05) is 16.9 Å². The fourth-order valence-corrected chi connectivity index (χ4v) is 2.98. The average molecular weight is 314 g/mol. The summed E-state index contributed by atoms with van der Waals surface area (Å²) in [4.78, 5) is 2.50. The summed E-state index contributed by atoms with van der Waals surface area (Å²) in [5, 5.41) is 7.84. The highest BCUT2D eigenvalue weighted by atomic mass is 16.5. The Labute approximate surface area is 138 Å². The van der Waals surface area contributed by atoms with E-state index in [2.05, 4.69) is 53.4 Å². The van der Waals surface area contributed by atoms with E-state index in [-0.39, 0.29) is 5.54 Å². The molecule has 1 aromatic carbocycles. The molecule has 1 aliphatic heterocycles. The molecular weight excluding hydrogens is 288 g/mol. The van der Waals surface area contributed by atoms with E-state index in [1.54, 1.807) is 6.20 Å². The van der Waals surface area contributed by atoms with Gasteiger partial charge in [-0.05, 0) is 37.6 Å². The number of hydrogen-bond donors (Lipinski definition) is 1. The van der Waals surface area contributed by atoms with E-state index in [1.165, 1.54) is 5.56 Å². The molecule has 3 rings (SSSR count). The van der Waals surface area contributed by atoms with Gasteiger partial charge in [0.25, 0.3) is 0 Å². The van der Waals surface area contributed by atoms with Gasteiger partial charge >= 0.3 is 0 Å². The predicted octanol–water partition coefficient (Wildman–Crippen LogP) is 2.07. The smallest absolute Gasteiger partial charge is 0.0645 e. The summed E-state index contributed by atoms with van der Waals surface area (Å²) in [7, 11) is 0. The third-order valence-corrected chi connectivity index (χ3v) is 4.46. The molecule has 0 unspecified atom stereocenters. The van der Waals surface area contributed by atoms with E-state index in [0.29, 0.717) is 0 Å². The minimum atomic E-state index is 0.152. The van der Waals surface area contributed by atoms with Gasteiger partial charge in [-0.15, -0.1) is 0 Å². The highest BCUT2D eigenvalue weighted by Gasteiger charge is 2.27. The van der Waals surface area contributed by atoms with Crippen LogP contribution in [-0.2, 0) is 11.3 Å². The van der Waals surface area contributed by atoms with Gasteiger partial charge in [0.2, 0.25) is 0 Å². The maximum Gasteiger partial charge on any atom is 0.0645 e. The molecule has 0 spiro atoms. The van der Waals surface area contributed by atoms with Crippen molar-refractivity contribution in [1.82, 2.24) is 20.0 Å². The molecule has 0 atom stereocenters. The maximum absolute atomic E-state index is 5.44. The van der Waals surface area contributed by atoms with Gasteiger partial charge < -0.3 is 10.1 Å². The van der Waals surface area contributed by atoms with E-state index in [0.717, 1.165) is 45.1 Å². The van der Waals surface area contributed by atoms with Crippen LogP contribution in [0.25, 0.3) is 5.69 Å². The van der Waals surface area contributed by atoms with Crippen LogP contribution >= 0.6 is 0 Å². The first-order valence-corrected chi connectivity index (χ1v) is 8.28. The molecule has 2 heterocycles. The zero-order valence-corrected chi connectivity index (χ0v) is 14.0. The molecule has 1 fully saturated rings. The van der Waals surface area contributed by atoms with E-state index in [9.17, 15) is 0 Å². The lowest BCUT2D eigenvalue weighted by molar-refractivity contribution is -0.00966. The minimum absolute atomic E-state index is 0.152. The summed E-state index contributed by atoms with van der Waals surface area (Å²) in [6.07, 6.45) is 3.75. The van der Waals surface area contributed by atoms with Crippen molar-refractivity contribution in [3.05, 3.63) is 48.3 Å². The van der Waals surface area contributed by atoms with Crippen LogP contribution in [0, 0.1) is 0 Å². The Morgan fingerprint density at radius 3 is 2.57 bits per heavy atom. The lowest BCUT2D eigenvalue weighted by atomic mass is 10.0. The number of rotatable bonds is 6. The summed E-state index contributed by atoms with van der Waals surface area (Å²) in [5.41, 5.74) is 2.53. The summed E-state index contributed by atoms with van der Waals surface area (Å²) in [6.45, 7) is 10.2. The van der Waals surface area contributed by atoms with Gasteiger partial charge in [-0.1, -0.05) is 12.1 Å². The van der Waals surface area contributed by atoms with Crippen LogP contribution in [0.5, 0.6) is 0 Å². The molecule has 23 heavy (non-hydrogen) atoms. The molecule has 0 bridgehead atoms. The number of hydrogen-bond acceptors (Lipinski definition) is 4. The summed E-state index contributed by atoms with van der Waals surface area (Å²) >= 11 is 0. The molecule has 5 heteroatoms. The van der Waals surface area contributed by atoms with Gasteiger partial charge in [0.15, 0.2) is 0 Å². The van der Waals surface area contributed by atoms with E-state index < -0.39 is 0 Å². The van der Waals surface area contributed by atoms with Crippen LogP contribution in [0.15, 0.2) is 42.7 Å². The topological polar surface area (TPSA) is 42.3 Å². The highest BCUT2D eigenvalue weighted by Crippen LogP contribution is 2.15. The third-order valence-electron chi connectivity index (χ3n) is 4.46. The van der Waals surface area contributed by atoms with Crippen LogP contribution in [0.1, 0.15) is 19.4 Å². The van der Waals surface area contributed by atoms with Gasteiger partial charge in [0, 0.05) is 44.1 Å². The van der Waals surface area contributed by atoms with Crippen molar-refractivity contribution in [2.75, 3.05) is 32.8 Å². The lowest BCUT2D eigenvalue weighted by Crippen LogP contribution is -2.54. The van der Waals surface area contributed by atoms with Crippen LogP contribution < -0.4 is 5.32 Å². The van der Waals surface area contributed by atoms with Gasteiger partial charge in [0.1, 0.15) is 0 Å². The molecule has 124 valence electrons. The number of nitrogens with zero attached hydrogens (tertiary/aromatic N) is 3. The second-order valence-electron chi connectivity index (χ2n) is 6.63. The van der Waals surface area contributed by atoms with Crippen molar-refractivity contribution in [3.63, 3.8) is 0 Å². The SMILES string of the molecule is CC(C)(CNCc1ccc(-n2cccn2)cc1)N1CCOCC1. The maximum atomic E-state index is 5.44. The van der Waals surface area contributed by atoms with Gasteiger partial charge in [0.05, 0.1) is 18.9 Å². The summed E-state index contributed by atoms with van der Waals surface area (Å²) < 4.78 is 7.32. The molecule has 0 saturated carbocycles. The molecule has 0 aliphatic carbocycles. The summed E-state index contributed by atoms with van der Waals surface area (Å²) in [5.74, 6) is 0. The fraction of sp³-hybridized carbons (Fsp3) is 0.500. The van der Waals surface area contributed by atoms with E-state index >= 15 is 0 Å². The number of nitrogens with one attached hydrogen (secondary N) is 1. The molecule has 0 amide bonds. The molecule has 1 aliphatic rings. The van der Waals surface area contributed by atoms with E-state index in [4.69, 9.17) is 4.74 Å². The van der Waals surface area contributed by atoms with Crippen molar-refractivity contribution in [2.45, 2.75) is 25.9 Å². The van der Waals surface area contributed by atoms with Crippen LogP contribution in [0.3, 0.4) is 0 Å². The molecule has 2 aromatic rings.